The van der Waals surface area contributed by atoms with E-state index in [0.717, 1.165) is 72.6 Å². The monoisotopic (exact) mass is 922 g/mol. The van der Waals surface area contributed by atoms with E-state index in [4.69, 9.17) is 9.97 Å². The molecule has 10 aromatic carbocycles. The van der Waals surface area contributed by atoms with Crippen molar-refractivity contribution in [2.45, 2.75) is 27.7 Å². The summed E-state index contributed by atoms with van der Waals surface area (Å²) in [7, 11) is 0. The molecule has 4 nitrogen and oxygen atoms in total. The minimum absolute atomic E-state index is 0.653. The standard InChI is InChI=1S/C68H50N4/c1-43-34-44(2)37-51(36-43)49-30-32-64-57(40-49)53-22-11-14-26-61(53)71(64)63-28-16-13-24-55(63)67-56(68-69-59(47-18-7-5-8-19-47)42-60(70-68)48-20-9-6-10-21-48)25-17-29-66(67)72-62-27-15-12-23-54(62)58-41-50(31-33-65(58)72)52-38-45(3)35-46(4)39-52/h5-42H,1-4H3. The number of para-hydroxylation sites is 3. The van der Waals surface area contributed by atoms with Crippen LogP contribution in [0, 0.1) is 27.7 Å². The zero-order chi connectivity index (χ0) is 48.5. The Morgan fingerprint density at radius 2 is 0.694 bits per heavy atom. The summed E-state index contributed by atoms with van der Waals surface area (Å²) in [6.07, 6.45) is 0. The fraction of sp³-hybridized carbons (Fsp3) is 0.0588. The van der Waals surface area contributed by atoms with Gasteiger partial charge in [-0.3, -0.25) is 0 Å². The first-order valence-corrected chi connectivity index (χ1v) is 24.8. The molecule has 0 aliphatic rings. The smallest absolute Gasteiger partial charge is 0.161 e. The summed E-state index contributed by atoms with van der Waals surface area (Å²) < 4.78 is 4.93. The van der Waals surface area contributed by atoms with Gasteiger partial charge in [0.15, 0.2) is 5.82 Å². The van der Waals surface area contributed by atoms with Crippen molar-refractivity contribution in [2.75, 3.05) is 0 Å². The largest absolute Gasteiger partial charge is 0.309 e. The molecule has 0 saturated heterocycles. The van der Waals surface area contributed by atoms with Gasteiger partial charge in [-0.15, -0.1) is 0 Å². The van der Waals surface area contributed by atoms with Gasteiger partial charge in [0.05, 0.1) is 44.8 Å². The first-order chi connectivity index (χ1) is 35.3. The van der Waals surface area contributed by atoms with E-state index in [0.29, 0.717) is 5.82 Å². The van der Waals surface area contributed by atoms with E-state index in [1.165, 1.54) is 66.1 Å². The van der Waals surface area contributed by atoms with E-state index in [1.54, 1.807) is 0 Å². The molecule has 342 valence electrons. The van der Waals surface area contributed by atoms with Gasteiger partial charge in [-0.05, 0) is 105 Å². The third-order valence-corrected chi connectivity index (χ3v) is 14.3. The third-order valence-electron chi connectivity index (χ3n) is 14.3. The molecule has 4 heteroatoms. The lowest BCUT2D eigenvalue weighted by Gasteiger charge is -2.21. The lowest BCUT2D eigenvalue weighted by atomic mass is 9.94. The second-order valence-corrected chi connectivity index (χ2v) is 19.3. The highest BCUT2D eigenvalue weighted by Gasteiger charge is 2.25. The number of nitrogens with zero attached hydrogens (tertiary/aromatic N) is 4. The third kappa shape index (κ3) is 7.39. The van der Waals surface area contributed by atoms with E-state index in [-0.39, 0.29) is 0 Å². The molecule has 0 aliphatic heterocycles. The van der Waals surface area contributed by atoms with Crippen molar-refractivity contribution in [1.29, 1.82) is 0 Å². The van der Waals surface area contributed by atoms with Gasteiger partial charge in [-0.2, -0.15) is 0 Å². The molecule has 0 saturated carbocycles. The van der Waals surface area contributed by atoms with Crippen LogP contribution in [0.15, 0.2) is 231 Å². The Kier molecular flexibility index (Phi) is 10.4. The number of benzene rings is 10. The highest BCUT2D eigenvalue weighted by molar-refractivity contribution is 6.13. The minimum Gasteiger partial charge on any atom is -0.309 e. The Morgan fingerprint density at radius 1 is 0.278 bits per heavy atom. The van der Waals surface area contributed by atoms with E-state index in [2.05, 4.69) is 267 Å². The Balaban J connectivity index is 1.12. The first-order valence-electron chi connectivity index (χ1n) is 24.8. The maximum Gasteiger partial charge on any atom is 0.161 e. The van der Waals surface area contributed by atoms with Gasteiger partial charge in [0.1, 0.15) is 0 Å². The lowest BCUT2D eigenvalue weighted by molar-refractivity contribution is 1.15. The van der Waals surface area contributed by atoms with Gasteiger partial charge in [0.25, 0.3) is 0 Å². The molecule has 0 amide bonds. The maximum atomic E-state index is 5.51. The highest BCUT2D eigenvalue weighted by atomic mass is 15.0. The Morgan fingerprint density at radius 3 is 1.22 bits per heavy atom. The van der Waals surface area contributed by atoms with Gasteiger partial charge in [0.2, 0.25) is 0 Å². The van der Waals surface area contributed by atoms with E-state index >= 15 is 0 Å². The highest BCUT2D eigenvalue weighted by Crippen LogP contribution is 2.46. The molecule has 3 heterocycles. The van der Waals surface area contributed by atoms with Gasteiger partial charge < -0.3 is 9.13 Å². The van der Waals surface area contributed by atoms with Crippen LogP contribution in [0.5, 0.6) is 0 Å². The molecule has 0 atom stereocenters. The minimum atomic E-state index is 0.653. The van der Waals surface area contributed by atoms with Gasteiger partial charge >= 0.3 is 0 Å². The van der Waals surface area contributed by atoms with Crippen LogP contribution in [0.25, 0.3) is 122 Å². The van der Waals surface area contributed by atoms with Crippen LogP contribution in [0.1, 0.15) is 22.3 Å². The average molecular weight is 923 g/mol. The molecule has 3 aromatic heterocycles. The second-order valence-electron chi connectivity index (χ2n) is 19.3. The molecule has 72 heavy (non-hydrogen) atoms. The van der Waals surface area contributed by atoms with Crippen LogP contribution in [-0.4, -0.2) is 19.1 Å². The molecular formula is C68H50N4. The molecule has 0 aliphatic carbocycles. The molecule has 0 N–H and O–H groups in total. The first kappa shape index (κ1) is 42.9. The zero-order valence-electron chi connectivity index (χ0n) is 40.7. The molecule has 0 bridgehead atoms. The van der Waals surface area contributed by atoms with Crippen LogP contribution >= 0.6 is 0 Å². The van der Waals surface area contributed by atoms with Crippen molar-refractivity contribution in [3.8, 4) is 78.7 Å². The summed E-state index contributed by atoms with van der Waals surface area (Å²) in [6.45, 7) is 8.71. The fourth-order valence-electron chi connectivity index (χ4n) is 11.3. The fourth-order valence-corrected chi connectivity index (χ4v) is 11.3. The van der Waals surface area contributed by atoms with Crippen LogP contribution < -0.4 is 0 Å². The average Bonchev–Trinajstić information content (AvgIpc) is 3.92. The molecule has 0 fully saturated rings. The summed E-state index contributed by atoms with van der Waals surface area (Å²) in [5.74, 6) is 0.653. The second kappa shape index (κ2) is 17.4. The van der Waals surface area contributed by atoms with E-state index < -0.39 is 0 Å². The number of aromatic nitrogens is 4. The normalized spacial score (nSPS) is 11.6. The van der Waals surface area contributed by atoms with Crippen molar-refractivity contribution in [3.05, 3.63) is 253 Å². The molecule has 13 aromatic rings. The number of hydrogen-bond acceptors (Lipinski definition) is 2. The SMILES string of the molecule is Cc1cc(C)cc(-c2ccc3c(c2)c2ccccc2n3-c2ccccc2-c2c(-c3nc(-c4ccccc4)cc(-c4ccccc4)n3)cccc2-n2c3ccccc3c3cc(-c4cc(C)cc(C)c4)ccc32)c1. The van der Waals surface area contributed by atoms with Crippen molar-refractivity contribution in [2.24, 2.45) is 0 Å². The van der Waals surface area contributed by atoms with E-state index in [1.807, 2.05) is 0 Å². The number of rotatable bonds is 8. The Bertz CT molecular complexity index is 4150. The van der Waals surface area contributed by atoms with Crippen LogP contribution in [0.4, 0.5) is 0 Å². The summed E-state index contributed by atoms with van der Waals surface area (Å²) >= 11 is 0. The van der Waals surface area contributed by atoms with Crippen molar-refractivity contribution >= 4 is 43.6 Å². The summed E-state index contributed by atoms with van der Waals surface area (Å²) in [5.41, 5.74) is 23.3. The number of aryl methyl sites for hydroxylation is 4. The van der Waals surface area contributed by atoms with E-state index in [9.17, 15) is 0 Å². The predicted molar refractivity (Wildman–Crippen MR) is 302 cm³/mol. The summed E-state index contributed by atoms with van der Waals surface area (Å²) in [6, 6.07) is 83.9. The molecule has 0 spiro atoms. The Hall–Kier alpha value is -9.12. The Labute approximate surface area is 419 Å². The predicted octanol–water partition coefficient (Wildman–Crippen LogP) is 17.9. The van der Waals surface area contributed by atoms with Crippen molar-refractivity contribution in [3.63, 3.8) is 0 Å². The van der Waals surface area contributed by atoms with Crippen LogP contribution in [-0.2, 0) is 0 Å². The van der Waals surface area contributed by atoms with Gasteiger partial charge in [0, 0.05) is 49.4 Å². The van der Waals surface area contributed by atoms with Crippen LogP contribution in [0.3, 0.4) is 0 Å². The molecular weight excluding hydrogens is 873 g/mol. The van der Waals surface area contributed by atoms with Gasteiger partial charge in [-0.1, -0.05) is 198 Å². The number of fused-ring (bicyclic) bond motifs is 6. The topological polar surface area (TPSA) is 35.6 Å². The molecule has 0 radical (unpaired) electrons. The summed E-state index contributed by atoms with van der Waals surface area (Å²) in [4.78, 5) is 11.0. The summed E-state index contributed by atoms with van der Waals surface area (Å²) in [5, 5.41) is 4.80. The van der Waals surface area contributed by atoms with Gasteiger partial charge in [-0.25, -0.2) is 9.97 Å². The van der Waals surface area contributed by atoms with Crippen molar-refractivity contribution in [1.82, 2.24) is 19.1 Å². The maximum absolute atomic E-state index is 5.51. The quantitative estimate of drug-likeness (QED) is 0.152. The van der Waals surface area contributed by atoms with Crippen LogP contribution in [0.2, 0.25) is 0 Å². The molecule has 13 rings (SSSR count). The number of hydrogen-bond donors (Lipinski definition) is 0. The lowest BCUT2D eigenvalue weighted by Crippen LogP contribution is -2.04. The zero-order valence-corrected chi connectivity index (χ0v) is 40.7. The molecule has 0 unspecified atom stereocenters. The van der Waals surface area contributed by atoms with Crippen molar-refractivity contribution < 1.29 is 0 Å².